The SMILES string of the molecule is Cn1cc(C(=O)N2CCC[C@H](c3nnc(-c4ccccc4F)s3)C2)nn1. The van der Waals surface area contributed by atoms with Crippen molar-refractivity contribution in [1.82, 2.24) is 30.1 Å². The monoisotopic (exact) mass is 372 g/mol. The number of hydrogen-bond donors (Lipinski definition) is 0. The molecule has 1 aromatic carbocycles. The Morgan fingerprint density at radius 2 is 2.12 bits per heavy atom. The lowest BCUT2D eigenvalue weighted by Gasteiger charge is -2.31. The van der Waals surface area contributed by atoms with Gasteiger partial charge < -0.3 is 4.90 Å². The first-order valence-corrected chi connectivity index (χ1v) is 9.17. The van der Waals surface area contributed by atoms with E-state index in [1.807, 2.05) is 0 Å². The van der Waals surface area contributed by atoms with Gasteiger partial charge in [0.2, 0.25) is 0 Å². The van der Waals surface area contributed by atoms with E-state index in [2.05, 4.69) is 20.5 Å². The largest absolute Gasteiger partial charge is 0.336 e. The molecular weight excluding hydrogens is 355 g/mol. The zero-order chi connectivity index (χ0) is 18.1. The minimum absolute atomic E-state index is 0.0994. The lowest BCUT2D eigenvalue weighted by molar-refractivity contribution is 0.0700. The van der Waals surface area contributed by atoms with E-state index in [1.165, 1.54) is 22.1 Å². The summed E-state index contributed by atoms with van der Waals surface area (Å²) in [7, 11) is 1.73. The topological polar surface area (TPSA) is 76.8 Å². The smallest absolute Gasteiger partial charge is 0.276 e. The number of aromatic nitrogens is 5. The van der Waals surface area contributed by atoms with Crippen LogP contribution in [0.25, 0.3) is 10.6 Å². The van der Waals surface area contributed by atoms with Crippen LogP contribution in [0.4, 0.5) is 4.39 Å². The predicted molar refractivity (Wildman–Crippen MR) is 94.2 cm³/mol. The van der Waals surface area contributed by atoms with Crippen molar-refractivity contribution in [3.8, 4) is 10.6 Å². The van der Waals surface area contributed by atoms with Gasteiger partial charge in [-0.15, -0.1) is 15.3 Å². The fraction of sp³-hybridized carbons (Fsp3) is 0.353. The average molecular weight is 372 g/mol. The van der Waals surface area contributed by atoms with Crippen molar-refractivity contribution >= 4 is 17.2 Å². The molecule has 2 aromatic heterocycles. The van der Waals surface area contributed by atoms with E-state index in [9.17, 15) is 9.18 Å². The molecule has 1 fully saturated rings. The van der Waals surface area contributed by atoms with Crippen molar-refractivity contribution in [2.24, 2.45) is 7.05 Å². The molecule has 0 saturated carbocycles. The van der Waals surface area contributed by atoms with Crippen LogP contribution in [0, 0.1) is 5.82 Å². The highest BCUT2D eigenvalue weighted by Crippen LogP contribution is 2.33. The molecular formula is C17H17FN6OS. The molecule has 9 heteroatoms. The maximum atomic E-state index is 14.0. The summed E-state index contributed by atoms with van der Waals surface area (Å²) in [5, 5.41) is 17.5. The lowest BCUT2D eigenvalue weighted by atomic mass is 9.98. The van der Waals surface area contributed by atoms with Crippen LogP contribution in [0.5, 0.6) is 0 Å². The van der Waals surface area contributed by atoms with Gasteiger partial charge in [0.1, 0.15) is 10.8 Å². The van der Waals surface area contributed by atoms with Crippen LogP contribution >= 0.6 is 11.3 Å². The van der Waals surface area contributed by atoms with E-state index >= 15 is 0 Å². The maximum Gasteiger partial charge on any atom is 0.276 e. The summed E-state index contributed by atoms with van der Waals surface area (Å²) >= 11 is 1.39. The van der Waals surface area contributed by atoms with Crippen molar-refractivity contribution in [3.63, 3.8) is 0 Å². The van der Waals surface area contributed by atoms with Gasteiger partial charge >= 0.3 is 0 Å². The van der Waals surface area contributed by atoms with E-state index in [0.29, 0.717) is 29.4 Å². The number of piperidine rings is 1. The summed E-state index contributed by atoms with van der Waals surface area (Å²) in [6.45, 7) is 1.24. The Hall–Kier alpha value is -2.68. The van der Waals surface area contributed by atoms with Gasteiger partial charge in [0, 0.05) is 31.6 Å². The summed E-state index contributed by atoms with van der Waals surface area (Å²) < 4.78 is 15.5. The minimum Gasteiger partial charge on any atom is -0.336 e. The molecule has 0 bridgehead atoms. The van der Waals surface area contributed by atoms with Crippen molar-refractivity contribution in [2.45, 2.75) is 18.8 Å². The fourth-order valence-electron chi connectivity index (χ4n) is 3.11. The highest BCUT2D eigenvalue weighted by molar-refractivity contribution is 7.14. The zero-order valence-electron chi connectivity index (χ0n) is 14.2. The van der Waals surface area contributed by atoms with Gasteiger partial charge in [-0.1, -0.05) is 28.7 Å². The second-order valence-corrected chi connectivity index (χ2v) is 7.30. The van der Waals surface area contributed by atoms with Crippen LogP contribution in [0.1, 0.15) is 34.3 Å². The summed E-state index contributed by atoms with van der Waals surface area (Å²) in [5.41, 5.74) is 0.803. The van der Waals surface area contributed by atoms with Gasteiger partial charge in [0.25, 0.3) is 5.91 Å². The number of hydrogen-bond acceptors (Lipinski definition) is 6. The Bertz CT molecular complexity index is 939. The molecule has 3 aromatic rings. The van der Waals surface area contributed by atoms with Gasteiger partial charge in [-0.25, -0.2) is 4.39 Å². The molecule has 1 saturated heterocycles. The molecule has 134 valence electrons. The second kappa shape index (κ2) is 6.91. The van der Waals surface area contributed by atoms with Gasteiger partial charge in [0.15, 0.2) is 10.7 Å². The Kier molecular flexibility index (Phi) is 4.46. The van der Waals surface area contributed by atoms with Crippen molar-refractivity contribution in [3.05, 3.63) is 47.0 Å². The van der Waals surface area contributed by atoms with E-state index in [-0.39, 0.29) is 17.6 Å². The van der Waals surface area contributed by atoms with Crippen LogP contribution < -0.4 is 0 Å². The van der Waals surface area contributed by atoms with E-state index < -0.39 is 0 Å². The van der Waals surface area contributed by atoms with Crippen molar-refractivity contribution in [1.29, 1.82) is 0 Å². The predicted octanol–water partition coefficient (Wildman–Crippen LogP) is 2.49. The summed E-state index contributed by atoms with van der Waals surface area (Å²) in [6.07, 6.45) is 3.43. The highest BCUT2D eigenvalue weighted by atomic mass is 32.1. The first-order chi connectivity index (χ1) is 12.6. The Morgan fingerprint density at radius 3 is 2.88 bits per heavy atom. The van der Waals surface area contributed by atoms with Gasteiger partial charge in [-0.2, -0.15) is 0 Å². The fourth-order valence-corrected chi connectivity index (χ4v) is 4.11. The first-order valence-electron chi connectivity index (χ1n) is 8.35. The zero-order valence-corrected chi connectivity index (χ0v) is 15.0. The molecule has 26 heavy (non-hydrogen) atoms. The highest BCUT2D eigenvalue weighted by Gasteiger charge is 2.29. The second-order valence-electron chi connectivity index (χ2n) is 6.29. The molecule has 1 aliphatic heterocycles. The third-order valence-corrected chi connectivity index (χ3v) is 5.54. The van der Waals surface area contributed by atoms with Gasteiger partial charge in [-0.05, 0) is 25.0 Å². The average Bonchev–Trinajstić information content (AvgIpc) is 3.31. The van der Waals surface area contributed by atoms with Crippen LogP contribution in [-0.2, 0) is 7.05 Å². The standard InChI is InChI=1S/C17H17FN6OS/c1-23-10-14(19-22-23)17(25)24-8-4-5-11(9-24)15-20-21-16(26-15)12-6-2-3-7-13(12)18/h2-3,6-7,10-11H,4-5,8-9H2,1H3/t11-/m0/s1. The molecule has 1 atom stereocenters. The molecule has 0 aliphatic carbocycles. The summed E-state index contributed by atoms with van der Waals surface area (Å²) in [6, 6.07) is 6.54. The Balaban J connectivity index is 1.52. The van der Waals surface area contributed by atoms with Gasteiger partial charge in [-0.3, -0.25) is 9.48 Å². The molecule has 4 rings (SSSR count). The Labute approximate surface area is 153 Å². The van der Waals surface area contributed by atoms with Crippen molar-refractivity contribution in [2.75, 3.05) is 13.1 Å². The number of nitrogens with zero attached hydrogens (tertiary/aromatic N) is 6. The third-order valence-electron chi connectivity index (χ3n) is 4.42. The van der Waals surface area contributed by atoms with E-state index in [1.54, 1.807) is 36.3 Å². The minimum atomic E-state index is -0.307. The number of carbonyl (C=O) groups is 1. The number of halogens is 1. The molecule has 0 spiro atoms. The summed E-state index contributed by atoms with van der Waals surface area (Å²) in [4.78, 5) is 14.4. The molecule has 1 aliphatic rings. The number of amides is 1. The number of likely N-dealkylation sites (tertiary alicyclic amines) is 1. The maximum absolute atomic E-state index is 14.0. The van der Waals surface area contributed by atoms with Crippen LogP contribution in [-0.4, -0.2) is 49.1 Å². The van der Waals surface area contributed by atoms with Crippen LogP contribution in [0.2, 0.25) is 0 Å². The van der Waals surface area contributed by atoms with Crippen molar-refractivity contribution < 1.29 is 9.18 Å². The number of carbonyl (C=O) groups excluding carboxylic acids is 1. The van der Waals surface area contributed by atoms with Crippen LogP contribution in [0.15, 0.2) is 30.5 Å². The van der Waals surface area contributed by atoms with Crippen LogP contribution in [0.3, 0.4) is 0 Å². The van der Waals surface area contributed by atoms with E-state index in [0.717, 1.165) is 17.8 Å². The molecule has 0 radical (unpaired) electrons. The first kappa shape index (κ1) is 16.8. The normalized spacial score (nSPS) is 17.5. The number of benzene rings is 1. The molecule has 3 heterocycles. The lowest BCUT2D eigenvalue weighted by Crippen LogP contribution is -2.39. The molecule has 0 unspecified atom stereocenters. The van der Waals surface area contributed by atoms with Gasteiger partial charge in [0.05, 0.1) is 6.20 Å². The number of rotatable bonds is 3. The Morgan fingerprint density at radius 1 is 1.27 bits per heavy atom. The summed E-state index contributed by atoms with van der Waals surface area (Å²) in [5.74, 6) is -0.331. The van der Waals surface area contributed by atoms with E-state index in [4.69, 9.17) is 0 Å². The quantitative estimate of drug-likeness (QED) is 0.706. The molecule has 1 amide bonds. The number of aryl methyl sites for hydroxylation is 1. The third kappa shape index (κ3) is 3.22. The molecule has 7 nitrogen and oxygen atoms in total. The molecule has 0 N–H and O–H groups in total.